The molecular weight excluding hydrogens is 655 g/mol. The Hall–Kier alpha value is -6.32. The van der Waals surface area contributed by atoms with E-state index in [2.05, 4.69) is 197 Å². The minimum Gasteiger partial charge on any atom is -0.356 e. The number of benzene rings is 7. The first-order valence-electron chi connectivity index (χ1n) is 19.5. The van der Waals surface area contributed by atoms with Crippen LogP contribution in [0.1, 0.15) is 59.3 Å². The molecule has 2 aliphatic heterocycles. The van der Waals surface area contributed by atoms with Crippen LogP contribution in [0.4, 0.5) is 5.69 Å². The average molecular weight is 694 g/mol. The molecule has 0 spiro atoms. The van der Waals surface area contributed by atoms with Gasteiger partial charge in [-0.2, -0.15) is 0 Å². The molecule has 4 aliphatic rings. The molecule has 5 atom stereocenters. The average Bonchev–Trinajstić information content (AvgIpc) is 3.56. The van der Waals surface area contributed by atoms with Crippen molar-refractivity contribution in [2.24, 2.45) is 5.92 Å². The molecule has 0 N–H and O–H groups in total. The van der Waals surface area contributed by atoms with Gasteiger partial charge in [-0.25, -0.2) is 0 Å². The van der Waals surface area contributed by atoms with Gasteiger partial charge >= 0.3 is 0 Å². The van der Waals surface area contributed by atoms with Crippen molar-refractivity contribution in [1.82, 2.24) is 9.36 Å². The van der Waals surface area contributed by atoms with E-state index >= 15 is 0 Å². The summed E-state index contributed by atoms with van der Waals surface area (Å²) >= 11 is 0. The molecule has 0 saturated heterocycles. The first kappa shape index (κ1) is 30.2. The topological polar surface area (TPSA) is 13.1 Å². The lowest BCUT2D eigenvalue weighted by molar-refractivity contribution is 0.201. The molecule has 3 heterocycles. The van der Waals surface area contributed by atoms with Crippen LogP contribution in [0, 0.1) is 5.92 Å². The monoisotopic (exact) mass is 693 g/mol. The first-order chi connectivity index (χ1) is 26.7. The Labute approximate surface area is 315 Å². The summed E-state index contributed by atoms with van der Waals surface area (Å²) in [7, 11) is 0. The zero-order valence-electron chi connectivity index (χ0n) is 30.2. The lowest BCUT2D eigenvalue weighted by Gasteiger charge is -2.51. The Morgan fingerprint density at radius 2 is 1.24 bits per heavy atom. The molecule has 2 aliphatic carbocycles. The lowest BCUT2D eigenvalue weighted by Crippen LogP contribution is -2.47. The third kappa shape index (κ3) is 4.07. The Morgan fingerprint density at radius 1 is 0.556 bits per heavy atom. The molecule has 5 unspecified atom stereocenters. The fourth-order valence-corrected chi connectivity index (χ4v) is 10.6. The molecule has 0 saturated carbocycles. The van der Waals surface area contributed by atoms with Crippen molar-refractivity contribution in [2.75, 3.05) is 4.90 Å². The van der Waals surface area contributed by atoms with Gasteiger partial charge in [-0.3, -0.25) is 9.36 Å². The van der Waals surface area contributed by atoms with Gasteiger partial charge in [0.15, 0.2) is 0 Å². The highest BCUT2D eigenvalue weighted by molar-refractivity contribution is 6.04. The second-order valence-corrected chi connectivity index (χ2v) is 15.6. The van der Waals surface area contributed by atoms with E-state index in [1.807, 2.05) is 0 Å². The summed E-state index contributed by atoms with van der Waals surface area (Å²) in [5, 5.41) is 5.40. The summed E-state index contributed by atoms with van der Waals surface area (Å²) in [6, 6.07) is 59.7. The molecule has 258 valence electrons. The molecule has 54 heavy (non-hydrogen) atoms. The lowest BCUT2D eigenvalue weighted by atomic mass is 9.78. The van der Waals surface area contributed by atoms with Crippen molar-refractivity contribution in [3.8, 4) is 11.1 Å². The van der Waals surface area contributed by atoms with E-state index in [4.69, 9.17) is 0 Å². The van der Waals surface area contributed by atoms with Crippen LogP contribution in [0.5, 0.6) is 0 Å². The predicted octanol–water partition coefficient (Wildman–Crippen LogP) is 10.4. The number of rotatable bonds is 4. The number of hydrogen-bond acceptors (Lipinski definition) is 1. The number of aromatic nitrogens is 2. The Kier molecular flexibility index (Phi) is 6.34. The summed E-state index contributed by atoms with van der Waals surface area (Å²) < 4.78 is 5.06. The second-order valence-electron chi connectivity index (χ2n) is 15.6. The maximum Gasteiger partial charge on any atom is 0.103 e. The van der Waals surface area contributed by atoms with Crippen molar-refractivity contribution in [3.05, 3.63) is 202 Å². The van der Waals surface area contributed by atoms with Crippen molar-refractivity contribution < 1.29 is 0 Å². The highest BCUT2D eigenvalue weighted by Gasteiger charge is 2.47. The summed E-state index contributed by atoms with van der Waals surface area (Å²) in [5.74, 6) is 0.340. The summed E-state index contributed by atoms with van der Waals surface area (Å²) in [6.45, 7) is 2.42. The number of fused-ring (bicyclic) bond motifs is 11. The van der Waals surface area contributed by atoms with E-state index in [1.54, 1.807) is 0 Å². The second kappa shape index (κ2) is 11.3. The Balaban J connectivity index is 1.02. The Morgan fingerprint density at radius 3 is 2.07 bits per heavy atom. The van der Waals surface area contributed by atoms with Gasteiger partial charge in [-0.05, 0) is 90.7 Å². The minimum absolute atomic E-state index is 0.197. The van der Waals surface area contributed by atoms with Gasteiger partial charge in [0.1, 0.15) is 12.1 Å². The summed E-state index contributed by atoms with van der Waals surface area (Å²) in [4.78, 5) is 2.81. The summed E-state index contributed by atoms with van der Waals surface area (Å²) in [5.41, 5.74) is 15.0. The molecule has 12 rings (SSSR count). The van der Waals surface area contributed by atoms with Crippen molar-refractivity contribution in [1.29, 1.82) is 0 Å². The highest BCUT2D eigenvalue weighted by atomic mass is 15.5. The van der Waals surface area contributed by atoms with Gasteiger partial charge in [-0.1, -0.05) is 165 Å². The van der Waals surface area contributed by atoms with Crippen LogP contribution in [0.15, 0.2) is 164 Å². The Bertz CT molecular complexity index is 2960. The fraction of sp³-hybridized carbons (Fsp3) is 0.137. The highest BCUT2D eigenvalue weighted by Crippen LogP contribution is 2.55. The molecule has 0 amide bonds. The maximum atomic E-state index is 2.81. The van der Waals surface area contributed by atoms with E-state index in [0.29, 0.717) is 5.92 Å². The van der Waals surface area contributed by atoms with Crippen molar-refractivity contribution in [3.63, 3.8) is 0 Å². The fourth-order valence-electron chi connectivity index (χ4n) is 10.6. The van der Waals surface area contributed by atoms with Gasteiger partial charge < -0.3 is 4.90 Å². The number of hydrogen-bond donors (Lipinski definition) is 0. The van der Waals surface area contributed by atoms with E-state index in [9.17, 15) is 0 Å². The number of nitrogens with zero attached hydrogens (tertiary/aromatic N) is 3. The first-order valence-corrected chi connectivity index (χ1v) is 19.5. The van der Waals surface area contributed by atoms with Crippen LogP contribution in [-0.2, 0) is 0 Å². The number of para-hydroxylation sites is 2. The van der Waals surface area contributed by atoms with Gasteiger partial charge in [-0.15, -0.1) is 0 Å². The maximum absolute atomic E-state index is 2.81. The van der Waals surface area contributed by atoms with Gasteiger partial charge in [0.2, 0.25) is 0 Å². The molecule has 0 fully saturated rings. The largest absolute Gasteiger partial charge is 0.356 e. The van der Waals surface area contributed by atoms with E-state index < -0.39 is 0 Å². The SMILES string of the molecule is CC1C=Cc2c(cccc2C2C(c3ccc(-c4ccccc4)cc3)n3c4ccccc4n32)C1N1c2ccc3ccccc3c2C2=c3ccccc3=CCC21. The third-order valence-electron chi connectivity index (χ3n) is 12.9. The van der Waals surface area contributed by atoms with Crippen LogP contribution < -0.4 is 15.3 Å². The minimum atomic E-state index is 0.197. The van der Waals surface area contributed by atoms with Gasteiger partial charge in [0, 0.05) is 11.3 Å². The molecule has 7 aromatic carbocycles. The van der Waals surface area contributed by atoms with Gasteiger partial charge in [0.05, 0.1) is 23.1 Å². The van der Waals surface area contributed by atoms with Crippen molar-refractivity contribution in [2.45, 2.75) is 37.5 Å². The smallest absolute Gasteiger partial charge is 0.103 e. The van der Waals surface area contributed by atoms with E-state index in [-0.39, 0.29) is 24.2 Å². The summed E-state index contributed by atoms with van der Waals surface area (Å²) in [6.07, 6.45) is 8.41. The molecule has 3 nitrogen and oxygen atoms in total. The predicted molar refractivity (Wildman–Crippen MR) is 223 cm³/mol. The van der Waals surface area contributed by atoms with E-state index in [1.165, 1.54) is 82.4 Å². The molecule has 0 bridgehead atoms. The standard InChI is InChI=1S/C51H39N3/c1-32-22-29-40-41(49(32)52-45-30-27-35-14-5-7-16-38(35)47(45)48-39-17-8-6-15-36(39)28-31-46(48)52)18-11-19-42(40)51-50(53-43-20-9-10-21-44(43)54(51)53)37-25-23-34(24-26-37)33-12-3-2-4-13-33/h2-30,32,46,49-51H,31H2,1H3. The zero-order chi connectivity index (χ0) is 35.5. The van der Waals surface area contributed by atoms with Crippen LogP contribution in [0.2, 0.25) is 0 Å². The van der Waals surface area contributed by atoms with E-state index in [0.717, 1.165) is 6.42 Å². The van der Waals surface area contributed by atoms with Crippen LogP contribution in [0.25, 0.3) is 50.7 Å². The third-order valence-corrected chi connectivity index (χ3v) is 12.9. The number of anilines is 1. The quantitative estimate of drug-likeness (QED) is 0.179. The molecule has 1 aromatic heterocycles. The van der Waals surface area contributed by atoms with Crippen molar-refractivity contribution >= 4 is 45.2 Å². The van der Waals surface area contributed by atoms with Crippen LogP contribution in [0.3, 0.4) is 0 Å². The van der Waals surface area contributed by atoms with Crippen LogP contribution in [-0.4, -0.2) is 15.4 Å². The molecule has 3 heteroatoms. The molecular formula is C51H39N3. The van der Waals surface area contributed by atoms with Gasteiger partial charge in [0.25, 0.3) is 0 Å². The molecule has 0 radical (unpaired) electrons. The van der Waals surface area contributed by atoms with Crippen LogP contribution >= 0.6 is 0 Å². The molecule has 8 aromatic rings. The zero-order valence-corrected chi connectivity index (χ0v) is 30.2. The normalized spacial score (nSPS) is 21.9.